The van der Waals surface area contributed by atoms with Crippen LogP contribution in [-0.2, 0) is 0 Å². The van der Waals surface area contributed by atoms with Crippen molar-refractivity contribution in [1.29, 1.82) is 0 Å². The molecule has 2 saturated heterocycles. The first kappa shape index (κ1) is 12.6. The van der Waals surface area contributed by atoms with E-state index in [1.54, 1.807) is 0 Å². The van der Waals surface area contributed by atoms with Crippen LogP contribution in [0.1, 0.15) is 44.0 Å². The smallest absolute Gasteiger partial charge is 0.0440 e. The molecule has 3 atom stereocenters. The molecular weight excluding hydrogens is 240 g/mol. The zero-order chi connectivity index (χ0) is 12.5. The number of nitrogens with one attached hydrogen (secondary N) is 1. The molecule has 1 aromatic heterocycles. The van der Waals surface area contributed by atoms with Gasteiger partial charge in [-0.05, 0) is 43.2 Å². The first-order valence-electron chi connectivity index (χ1n) is 7.29. The summed E-state index contributed by atoms with van der Waals surface area (Å²) in [6.45, 7) is 7.29. The second kappa shape index (κ2) is 5.32. The number of rotatable bonds is 4. The number of thiophene rings is 1. The van der Waals surface area contributed by atoms with Gasteiger partial charge in [-0.1, -0.05) is 19.9 Å². The first-order valence-corrected chi connectivity index (χ1v) is 8.17. The minimum Gasteiger partial charge on any atom is -0.305 e. The summed E-state index contributed by atoms with van der Waals surface area (Å²) in [5.74, 6) is 0.666. The van der Waals surface area contributed by atoms with Gasteiger partial charge in [0.25, 0.3) is 0 Å². The van der Waals surface area contributed by atoms with Gasteiger partial charge >= 0.3 is 0 Å². The maximum absolute atomic E-state index is 3.96. The lowest BCUT2D eigenvalue weighted by Gasteiger charge is -2.29. The highest BCUT2D eigenvalue weighted by Gasteiger charge is 2.38. The zero-order valence-electron chi connectivity index (χ0n) is 11.4. The lowest BCUT2D eigenvalue weighted by atomic mass is 9.99. The fourth-order valence-corrected chi connectivity index (χ4v) is 4.54. The van der Waals surface area contributed by atoms with E-state index in [-0.39, 0.29) is 0 Å². The van der Waals surface area contributed by atoms with Crippen molar-refractivity contribution in [3.05, 3.63) is 22.4 Å². The van der Waals surface area contributed by atoms with Gasteiger partial charge < -0.3 is 5.32 Å². The van der Waals surface area contributed by atoms with Crippen LogP contribution < -0.4 is 5.32 Å². The van der Waals surface area contributed by atoms with Crippen molar-refractivity contribution in [3.8, 4) is 0 Å². The van der Waals surface area contributed by atoms with Crippen LogP contribution in [0.5, 0.6) is 0 Å². The van der Waals surface area contributed by atoms with E-state index in [1.807, 2.05) is 11.3 Å². The fourth-order valence-electron chi connectivity index (χ4n) is 3.58. The summed E-state index contributed by atoms with van der Waals surface area (Å²) in [5.41, 5.74) is 0. The van der Waals surface area contributed by atoms with Crippen LogP contribution >= 0.6 is 11.3 Å². The highest BCUT2D eigenvalue weighted by molar-refractivity contribution is 7.10. The largest absolute Gasteiger partial charge is 0.305 e. The van der Waals surface area contributed by atoms with E-state index in [4.69, 9.17) is 0 Å². The van der Waals surface area contributed by atoms with E-state index >= 15 is 0 Å². The SMILES string of the molecule is CC(C)C(NC1CCN2CCCC12)c1cccs1. The second-order valence-electron chi connectivity index (χ2n) is 6.04. The fraction of sp³-hybridized carbons (Fsp3) is 0.733. The van der Waals surface area contributed by atoms with Crippen LogP contribution in [0.25, 0.3) is 0 Å². The third-order valence-corrected chi connectivity index (χ3v) is 5.47. The molecule has 0 saturated carbocycles. The number of hydrogen-bond donors (Lipinski definition) is 1. The maximum Gasteiger partial charge on any atom is 0.0440 e. The first-order chi connectivity index (χ1) is 8.75. The molecule has 18 heavy (non-hydrogen) atoms. The highest BCUT2D eigenvalue weighted by Crippen LogP contribution is 2.32. The molecule has 0 amide bonds. The third kappa shape index (κ3) is 2.36. The van der Waals surface area contributed by atoms with Crippen LogP contribution in [0, 0.1) is 5.92 Å². The molecule has 2 nitrogen and oxygen atoms in total. The van der Waals surface area contributed by atoms with Crippen molar-refractivity contribution in [2.45, 2.75) is 51.2 Å². The molecule has 1 aromatic rings. The van der Waals surface area contributed by atoms with Gasteiger partial charge in [0.15, 0.2) is 0 Å². The van der Waals surface area contributed by atoms with Gasteiger partial charge in [0, 0.05) is 29.5 Å². The summed E-state index contributed by atoms with van der Waals surface area (Å²) in [4.78, 5) is 4.19. The highest BCUT2D eigenvalue weighted by atomic mass is 32.1. The summed E-state index contributed by atoms with van der Waals surface area (Å²) < 4.78 is 0. The molecule has 3 heterocycles. The topological polar surface area (TPSA) is 15.3 Å². The summed E-state index contributed by atoms with van der Waals surface area (Å²) in [5, 5.41) is 6.16. The molecule has 2 aliphatic heterocycles. The Kier molecular flexibility index (Phi) is 3.73. The Labute approximate surface area is 114 Å². The van der Waals surface area contributed by atoms with Crippen LogP contribution in [0.2, 0.25) is 0 Å². The van der Waals surface area contributed by atoms with Crippen molar-refractivity contribution in [3.63, 3.8) is 0 Å². The van der Waals surface area contributed by atoms with E-state index < -0.39 is 0 Å². The quantitative estimate of drug-likeness (QED) is 0.898. The Morgan fingerprint density at radius 2 is 2.22 bits per heavy atom. The molecule has 0 aliphatic carbocycles. The lowest BCUT2D eigenvalue weighted by Crippen LogP contribution is -2.42. The second-order valence-corrected chi connectivity index (χ2v) is 7.02. The molecule has 0 spiro atoms. The predicted molar refractivity (Wildman–Crippen MR) is 78.0 cm³/mol. The number of nitrogens with zero attached hydrogens (tertiary/aromatic N) is 1. The van der Waals surface area contributed by atoms with E-state index in [0.717, 1.165) is 6.04 Å². The molecule has 0 bridgehead atoms. The van der Waals surface area contributed by atoms with Crippen molar-refractivity contribution < 1.29 is 0 Å². The normalized spacial score (nSPS) is 29.9. The van der Waals surface area contributed by atoms with E-state index in [2.05, 4.69) is 41.6 Å². The Morgan fingerprint density at radius 1 is 1.33 bits per heavy atom. The Balaban J connectivity index is 1.70. The minimum absolute atomic E-state index is 0.538. The van der Waals surface area contributed by atoms with Gasteiger partial charge in [-0.2, -0.15) is 0 Å². The molecule has 3 heteroatoms. The third-order valence-electron chi connectivity index (χ3n) is 4.52. The standard InChI is InChI=1S/C15H24N2S/c1-11(2)15(14-6-4-10-18-14)16-12-7-9-17-8-3-5-13(12)17/h4,6,10-13,15-16H,3,5,7-9H2,1-2H3. The summed E-state index contributed by atoms with van der Waals surface area (Å²) in [7, 11) is 0. The van der Waals surface area contributed by atoms with E-state index in [0.29, 0.717) is 18.0 Å². The van der Waals surface area contributed by atoms with Crippen LogP contribution in [0.4, 0.5) is 0 Å². The number of fused-ring (bicyclic) bond motifs is 1. The van der Waals surface area contributed by atoms with Gasteiger partial charge in [-0.25, -0.2) is 0 Å². The molecule has 0 aromatic carbocycles. The Bertz CT molecular complexity index is 374. The van der Waals surface area contributed by atoms with Gasteiger partial charge in [0.05, 0.1) is 0 Å². The number of hydrogen-bond acceptors (Lipinski definition) is 3. The van der Waals surface area contributed by atoms with Gasteiger partial charge in [0.2, 0.25) is 0 Å². The average molecular weight is 264 g/mol. The molecule has 1 N–H and O–H groups in total. The molecule has 3 rings (SSSR count). The average Bonchev–Trinajstić information content (AvgIpc) is 3.04. The predicted octanol–water partition coefficient (Wildman–Crippen LogP) is 3.27. The van der Waals surface area contributed by atoms with E-state index in [9.17, 15) is 0 Å². The summed E-state index contributed by atoms with van der Waals surface area (Å²) in [6, 6.07) is 6.51. The molecule has 2 fully saturated rings. The lowest BCUT2D eigenvalue weighted by molar-refractivity contribution is 0.275. The molecule has 0 radical (unpaired) electrons. The summed E-state index contributed by atoms with van der Waals surface area (Å²) >= 11 is 1.89. The van der Waals surface area contributed by atoms with Crippen molar-refractivity contribution in [1.82, 2.24) is 10.2 Å². The Morgan fingerprint density at radius 3 is 2.94 bits per heavy atom. The monoisotopic (exact) mass is 264 g/mol. The molecular formula is C15H24N2S. The van der Waals surface area contributed by atoms with Crippen molar-refractivity contribution >= 4 is 11.3 Å². The van der Waals surface area contributed by atoms with Crippen molar-refractivity contribution in [2.75, 3.05) is 13.1 Å². The van der Waals surface area contributed by atoms with Crippen molar-refractivity contribution in [2.24, 2.45) is 5.92 Å². The van der Waals surface area contributed by atoms with Crippen LogP contribution in [0.3, 0.4) is 0 Å². The van der Waals surface area contributed by atoms with E-state index in [1.165, 1.54) is 37.2 Å². The minimum atomic E-state index is 0.538. The van der Waals surface area contributed by atoms with Crippen LogP contribution in [0.15, 0.2) is 17.5 Å². The van der Waals surface area contributed by atoms with Gasteiger partial charge in [0.1, 0.15) is 0 Å². The summed E-state index contributed by atoms with van der Waals surface area (Å²) in [6.07, 6.45) is 4.13. The van der Waals surface area contributed by atoms with Gasteiger partial charge in [-0.15, -0.1) is 11.3 Å². The molecule has 100 valence electrons. The van der Waals surface area contributed by atoms with Crippen LogP contribution in [-0.4, -0.2) is 30.1 Å². The molecule has 2 aliphatic rings. The zero-order valence-corrected chi connectivity index (χ0v) is 12.2. The Hall–Kier alpha value is -0.380. The molecule has 3 unspecified atom stereocenters. The van der Waals surface area contributed by atoms with Gasteiger partial charge in [-0.3, -0.25) is 4.90 Å². The maximum atomic E-state index is 3.96.